The molecule has 1 fully saturated rings. The maximum absolute atomic E-state index is 12.9. The van der Waals surface area contributed by atoms with Crippen LogP contribution in [0, 0.1) is 5.92 Å². The summed E-state index contributed by atoms with van der Waals surface area (Å²) in [5.74, 6) is 0.834. The third-order valence-electron chi connectivity index (χ3n) is 3.31. The van der Waals surface area contributed by atoms with Gasteiger partial charge < -0.3 is 5.32 Å². The number of hydrogen-bond donors (Lipinski definition) is 1. The van der Waals surface area contributed by atoms with Crippen molar-refractivity contribution in [2.24, 2.45) is 5.92 Å². The second-order valence-electron chi connectivity index (χ2n) is 5.62. The SMILES string of the molecule is CC(C)CNC(=O)C1CSCN1S(=O)(=O)c1ccc(Br)cc1Br. The van der Waals surface area contributed by atoms with Gasteiger partial charge in [0, 0.05) is 21.2 Å². The van der Waals surface area contributed by atoms with Gasteiger partial charge in [0.05, 0.1) is 10.8 Å². The fourth-order valence-corrected chi connectivity index (χ4v) is 6.96. The summed E-state index contributed by atoms with van der Waals surface area (Å²) in [4.78, 5) is 12.5. The number of benzene rings is 1. The maximum atomic E-state index is 12.9. The number of carbonyl (C=O) groups is 1. The van der Waals surface area contributed by atoms with Gasteiger partial charge in [-0.3, -0.25) is 4.79 Å². The number of rotatable bonds is 5. The van der Waals surface area contributed by atoms with E-state index in [1.807, 2.05) is 13.8 Å². The zero-order valence-corrected chi connectivity index (χ0v) is 17.6. The second kappa shape index (κ2) is 7.86. The van der Waals surface area contributed by atoms with Gasteiger partial charge in [0.2, 0.25) is 15.9 Å². The molecule has 23 heavy (non-hydrogen) atoms. The van der Waals surface area contributed by atoms with E-state index in [1.165, 1.54) is 22.1 Å². The minimum Gasteiger partial charge on any atom is -0.354 e. The molecule has 0 saturated carbocycles. The van der Waals surface area contributed by atoms with Crippen molar-refractivity contribution < 1.29 is 13.2 Å². The van der Waals surface area contributed by atoms with Crippen LogP contribution in [0.1, 0.15) is 13.8 Å². The fraction of sp³-hybridized carbons (Fsp3) is 0.500. The van der Waals surface area contributed by atoms with Gasteiger partial charge in [-0.15, -0.1) is 11.8 Å². The Morgan fingerprint density at radius 3 is 2.74 bits per heavy atom. The highest BCUT2D eigenvalue weighted by Crippen LogP contribution is 2.33. The van der Waals surface area contributed by atoms with E-state index in [0.717, 1.165) is 4.47 Å². The zero-order valence-electron chi connectivity index (χ0n) is 12.8. The third kappa shape index (κ3) is 4.50. The van der Waals surface area contributed by atoms with Gasteiger partial charge in [-0.2, -0.15) is 4.31 Å². The Hall–Kier alpha value is -0.0900. The number of thioether (sulfide) groups is 1. The highest BCUT2D eigenvalue weighted by Gasteiger charge is 2.40. The molecule has 1 unspecified atom stereocenters. The molecule has 1 heterocycles. The van der Waals surface area contributed by atoms with E-state index in [1.54, 1.807) is 12.1 Å². The summed E-state index contributed by atoms with van der Waals surface area (Å²) in [6, 6.07) is 4.23. The molecule has 1 aliphatic rings. The summed E-state index contributed by atoms with van der Waals surface area (Å²) in [6.07, 6.45) is 0. The molecule has 0 aliphatic carbocycles. The highest BCUT2D eigenvalue weighted by atomic mass is 79.9. The van der Waals surface area contributed by atoms with Gasteiger partial charge in [-0.05, 0) is 40.0 Å². The molecule has 128 valence electrons. The van der Waals surface area contributed by atoms with Crippen LogP contribution in [0.3, 0.4) is 0 Å². The Morgan fingerprint density at radius 2 is 2.13 bits per heavy atom. The first-order valence-electron chi connectivity index (χ1n) is 7.06. The summed E-state index contributed by atoms with van der Waals surface area (Å²) >= 11 is 8.05. The van der Waals surface area contributed by atoms with Crippen molar-refractivity contribution in [3.63, 3.8) is 0 Å². The third-order valence-corrected chi connectivity index (χ3v) is 7.81. The molecular weight excluding hydrogens is 468 g/mol. The molecule has 1 saturated heterocycles. The number of amides is 1. The molecule has 0 bridgehead atoms. The summed E-state index contributed by atoms with van der Waals surface area (Å²) < 4.78 is 28.4. The van der Waals surface area contributed by atoms with Crippen molar-refractivity contribution in [3.8, 4) is 0 Å². The van der Waals surface area contributed by atoms with Gasteiger partial charge >= 0.3 is 0 Å². The molecule has 0 spiro atoms. The minimum atomic E-state index is -3.73. The van der Waals surface area contributed by atoms with Crippen LogP contribution in [0.15, 0.2) is 32.0 Å². The monoisotopic (exact) mass is 484 g/mol. The minimum absolute atomic E-state index is 0.171. The van der Waals surface area contributed by atoms with Gasteiger partial charge in [0.25, 0.3) is 0 Å². The lowest BCUT2D eigenvalue weighted by molar-refractivity contribution is -0.123. The van der Waals surface area contributed by atoms with Crippen molar-refractivity contribution in [2.75, 3.05) is 18.2 Å². The van der Waals surface area contributed by atoms with Crippen LogP contribution >= 0.6 is 43.6 Å². The lowest BCUT2D eigenvalue weighted by atomic mass is 10.2. The first kappa shape index (κ1) is 19.2. The average Bonchev–Trinajstić information content (AvgIpc) is 2.94. The Morgan fingerprint density at radius 1 is 1.43 bits per heavy atom. The lowest BCUT2D eigenvalue weighted by Crippen LogP contribution is -2.47. The second-order valence-corrected chi connectivity index (χ2v) is 10.3. The number of nitrogens with one attached hydrogen (secondary N) is 1. The average molecular weight is 486 g/mol. The predicted molar refractivity (Wildman–Crippen MR) is 99.8 cm³/mol. The van der Waals surface area contributed by atoms with Crippen LogP contribution in [-0.4, -0.2) is 42.8 Å². The molecule has 1 amide bonds. The van der Waals surface area contributed by atoms with Crippen LogP contribution in [0.5, 0.6) is 0 Å². The first-order valence-corrected chi connectivity index (χ1v) is 11.2. The van der Waals surface area contributed by atoms with Crippen LogP contribution < -0.4 is 5.32 Å². The predicted octanol–water partition coefficient (Wildman–Crippen LogP) is 3.05. The zero-order chi connectivity index (χ0) is 17.2. The van der Waals surface area contributed by atoms with Crippen molar-refractivity contribution in [2.45, 2.75) is 24.8 Å². The number of hydrogen-bond acceptors (Lipinski definition) is 4. The van der Waals surface area contributed by atoms with E-state index in [0.29, 0.717) is 22.7 Å². The van der Waals surface area contributed by atoms with E-state index in [-0.39, 0.29) is 16.7 Å². The van der Waals surface area contributed by atoms with Gasteiger partial charge in [0.1, 0.15) is 6.04 Å². The van der Waals surface area contributed by atoms with Gasteiger partial charge in [-0.25, -0.2) is 8.42 Å². The number of sulfonamides is 1. The van der Waals surface area contributed by atoms with E-state index < -0.39 is 16.1 Å². The Labute approximate surface area is 157 Å². The highest BCUT2D eigenvalue weighted by molar-refractivity contribution is 9.11. The van der Waals surface area contributed by atoms with E-state index in [4.69, 9.17) is 0 Å². The molecule has 1 aliphatic heterocycles. The van der Waals surface area contributed by atoms with Crippen LogP contribution in [0.4, 0.5) is 0 Å². The van der Waals surface area contributed by atoms with Gasteiger partial charge in [-0.1, -0.05) is 29.8 Å². The van der Waals surface area contributed by atoms with E-state index in [9.17, 15) is 13.2 Å². The van der Waals surface area contributed by atoms with Gasteiger partial charge in [0.15, 0.2) is 0 Å². The smallest absolute Gasteiger partial charge is 0.245 e. The molecule has 1 N–H and O–H groups in total. The van der Waals surface area contributed by atoms with Crippen molar-refractivity contribution in [1.82, 2.24) is 9.62 Å². The van der Waals surface area contributed by atoms with Crippen LogP contribution in [-0.2, 0) is 14.8 Å². The van der Waals surface area contributed by atoms with Crippen LogP contribution in [0.25, 0.3) is 0 Å². The number of halogens is 2. The molecule has 9 heteroatoms. The number of nitrogens with zero attached hydrogens (tertiary/aromatic N) is 1. The topological polar surface area (TPSA) is 66.5 Å². The largest absolute Gasteiger partial charge is 0.354 e. The van der Waals surface area contributed by atoms with E-state index >= 15 is 0 Å². The number of carbonyl (C=O) groups excluding carboxylic acids is 1. The standard InChI is InChI=1S/C14H18Br2N2O3S2/c1-9(2)6-17-14(19)12-7-22-8-18(12)23(20,21)13-4-3-10(15)5-11(13)16/h3-5,9,12H,6-8H2,1-2H3,(H,17,19). The van der Waals surface area contributed by atoms with Crippen molar-refractivity contribution >= 4 is 59.6 Å². The lowest BCUT2D eigenvalue weighted by Gasteiger charge is -2.23. The summed E-state index contributed by atoms with van der Waals surface area (Å²) in [7, 11) is -3.73. The normalized spacial score (nSPS) is 19.3. The molecule has 1 atom stereocenters. The van der Waals surface area contributed by atoms with Crippen LogP contribution in [0.2, 0.25) is 0 Å². The Balaban J connectivity index is 2.25. The maximum Gasteiger partial charge on any atom is 0.245 e. The van der Waals surface area contributed by atoms with Crippen molar-refractivity contribution in [3.05, 3.63) is 27.1 Å². The Bertz CT molecular complexity index is 695. The Kier molecular flexibility index (Phi) is 6.57. The van der Waals surface area contributed by atoms with E-state index in [2.05, 4.69) is 37.2 Å². The summed E-state index contributed by atoms with van der Waals surface area (Å²) in [5.41, 5.74) is 0. The first-order chi connectivity index (χ1) is 10.7. The molecule has 0 radical (unpaired) electrons. The molecule has 5 nitrogen and oxygen atoms in total. The molecule has 1 aromatic rings. The summed E-state index contributed by atoms with van der Waals surface area (Å²) in [6.45, 7) is 4.53. The fourth-order valence-electron chi connectivity index (χ4n) is 2.10. The van der Waals surface area contributed by atoms with Crippen molar-refractivity contribution in [1.29, 1.82) is 0 Å². The quantitative estimate of drug-likeness (QED) is 0.695. The molecular formula is C14H18Br2N2O3S2. The molecule has 0 aromatic heterocycles. The molecule has 1 aromatic carbocycles. The summed E-state index contributed by atoms with van der Waals surface area (Å²) in [5, 5.41) is 2.82. The molecule has 2 rings (SSSR count).